The first kappa shape index (κ1) is 26.7. The van der Waals surface area contributed by atoms with Gasteiger partial charge >= 0.3 is 6.61 Å². The zero-order valence-electron chi connectivity index (χ0n) is 19.1. The highest BCUT2D eigenvalue weighted by Gasteiger charge is 2.47. The number of hydrogen-bond acceptors (Lipinski definition) is 5. The summed E-state index contributed by atoms with van der Waals surface area (Å²) in [7, 11) is -3.36. The second-order valence-electron chi connectivity index (χ2n) is 8.84. The van der Waals surface area contributed by atoms with E-state index < -0.39 is 34.0 Å². The fourth-order valence-electron chi connectivity index (χ4n) is 4.71. The van der Waals surface area contributed by atoms with Crippen molar-refractivity contribution in [2.75, 3.05) is 38.5 Å². The van der Waals surface area contributed by atoms with Crippen LogP contribution in [0, 0.1) is 0 Å². The molecule has 0 atom stereocenters. The molecule has 1 aliphatic carbocycles. The van der Waals surface area contributed by atoms with Gasteiger partial charge in [-0.05, 0) is 31.4 Å². The van der Waals surface area contributed by atoms with Gasteiger partial charge in [-0.25, -0.2) is 17.2 Å². The molecule has 1 saturated carbocycles. The second kappa shape index (κ2) is 10.8. The van der Waals surface area contributed by atoms with E-state index in [0.717, 1.165) is 0 Å². The molecule has 1 aromatic rings. The van der Waals surface area contributed by atoms with Crippen molar-refractivity contribution >= 4 is 15.9 Å². The van der Waals surface area contributed by atoms with Crippen LogP contribution in [0.5, 0.6) is 5.75 Å². The van der Waals surface area contributed by atoms with Crippen molar-refractivity contribution in [2.45, 2.75) is 57.1 Å². The monoisotopic (exact) mass is 509 g/mol. The number of nitrogens with zero attached hydrogens (tertiary/aromatic N) is 2. The van der Waals surface area contributed by atoms with E-state index in [1.54, 1.807) is 6.92 Å². The molecule has 0 spiro atoms. The number of amides is 1. The average molecular weight is 510 g/mol. The normalized spacial score (nSPS) is 21.4. The molecule has 0 bridgehead atoms. The van der Waals surface area contributed by atoms with Gasteiger partial charge in [0.1, 0.15) is 5.75 Å². The van der Waals surface area contributed by atoms with Gasteiger partial charge in [-0.15, -0.1) is 0 Å². The summed E-state index contributed by atoms with van der Waals surface area (Å²) in [5.74, 6) is -3.65. The number of halogens is 4. The first-order chi connectivity index (χ1) is 16.0. The predicted octanol–water partition coefficient (Wildman–Crippen LogP) is 3.32. The molecule has 2 fully saturated rings. The lowest BCUT2D eigenvalue weighted by molar-refractivity contribution is -0.0856. The first-order valence-corrected chi connectivity index (χ1v) is 13.0. The van der Waals surface area contributed by atoms with Gasteiger partial charge < -0.3 is 10.1 Å². The van der Waals surface area contributed by atoms with Crippen LogP contribution in [-0.2, 0) is 10.0 Å². The van der Waals surface area contributed by atoms with E-state index in [1.165, 1.54) is 28.6 Å². The molecule has 192 valence electrons. The number of ether oxygens (including phenoxy) is 1. The molecule has 1 aliphatic heterocycles. The van der Waals surface area contributed by atoms with Gasteiger partial charge in [0.25, 0.3) is 5.91 Å². The summed E-state index contributed by atoms with van der Waals surface area (Å²) < 4.78 is 84.0. The number of carbonyl (C=O) groups excluding carboxylic acids is 1. The lowest BCUT2D eigenvalue weighted by Crippen LogP contribution is -2.63. The first-order valence-electron chi connectivity index (χ1n) is 11.4. The van der Waals surface area contributed by atoms with Gasteiger partial charge in [0.15, 0.2) is 0 Å². The van der Waals surface area contributed by atoms with Crippen LogP contribution >= 0.6 is 0 Å². The van der Waals surface area contributed by atoms with Crippen molar-refractivity contribution in [1.29, 1.82) is 0 Å². The largest absolute Gasteiger partial charge is 0.434 e. The number of alkyl halides is 4. The molecule has 1 aromatic carbocycles. The van der Waals surface area contributed by atoms with Crippen molar-refractivity contribution in [1.82, 2.24) is 14.5 Å². The zero-order chi connectivity index (χ0) is 25.0. The molecule has 3 rings (SSSR count). The predicted molar refractivity (Wildman–Crippen MR) is 119 cm³/mol. The van der Waals surface area contributed by atoms with Gasteiger partial charge in [0.05, 0.1) is 11.3 Å². The maximum atomic E-state index is 14.0. The van der Waals surface area contributed by atoms with E-state index in [2.05, 4.69) is 10.1 Å². The molecule has 1 N–H and O–H groups in total. The lowest BCUT2D eigenvalue weighted by Gasteiger charge is -2.50. The third kappa shape index (κ3) is 6.39. The van der Waals surface area contributed by atoms with Crippen molar-refractivity contribution in [3.63, 3.8) is 0 Å². The minimum atomic E-state index is -3.36. The van der Waals surface area contributed by atoms with Crippen LogP contribution in [0.3, 0.4) is 0 Å². The fraction of sp³-hybridized carbons (Fsp3) is 0.682. The Morgan fingerprint density at radius 1 is 1.09 bits per heavy atom. The Balaban J connectivity index is 1.73. The van der Waals surface area contributed by atoms with Crippen LogP contribution in [0.15, 0.2) is 24.3 Å². The third-order valence-electron chi connectivity index (χ3n) is 6.60. The Kier molecular flexibility index (Phi) is 8.46. The van der Waals surface area contributed by atoms with Gasteiger partial charge in [-0.1, -0.05) is 19.1 Å². The third-order valence-corrected chi connectivity index (χ3v) is 8.68. The number of carbonyl (C=O) groups is 1. The lowest BCUT2D eigenvalue weighted by atomic mass is 9.78. The van der Waals surface area contributed by atoms with Gasteiger partial charge in [0.2, 0.25) is 15.9 Å². The summed E-state index contributed by atoms with van der Waals surface area (Å²) in [4.78, 5) is 14.8. The van der Waals surface area contributed by atoms with Gasteiger partial charge in [-0.3, -0.25) is 9.69 Å². The van der Waals surface area contributed by atoms with Gasteiger partial charge in [0, 0.05) is 51.1 Å². The highest BCUT2D eigenvalue weighted by atomic mass is 32.2. The smallest absolute Gasteiger partial charge is 0.387 e. The van der Waals surface area contributed by atoms with E-state index in [1.807, 2.05) is 4.90 Å². The summed E-state index contributed by atoms with van der Waals surface area (Å²) >= 11 is 0. The molecule has 12 heteroatoms. The molecule has 0 radical (unpaired) electrons. The number of rotatable bonds is 9. The van der Waals surface area contributed by atoms with E-state index in [9.17, 15) is 30.8 Å². The number of piperazine rings is 1. The molecular weight excluding hydrogens is 478 g/mol. The van der Waals surface area contributed by atoms with E-state index in [4.69, 9.17) is 0 Å². The summed E-state index contributed by atoms with van der Waals surface area (Å²) in [6.07, 6.45) is 0.0588. The van der Waals surface area contributed by atoms with Crippen LogP contribution in [0.2, 0.25) is 0 Å². The van der Waals surface area contributed by atoms with Crippen molar-refractivity contribution in [3.05, 3.63) is 29.8 Å². The summed E-state index contributed by atoms with van der Waals surface area (Å²) in [6, 6.07) is 5.59. The van der Waals surface area contributed by atoms with Crippen molar-refractivity contribution in [2.24, 2.45) is 0 Å². The maximum Gasteiger partial charge on any atom is 0.387 e. The van der Waals surface area contributed by atoms with Crippen LogP contribution in [-0.4, -0.2) is 80.1 Å². The highest BCUT2D eigenvalue weighted by molar-refractivity contribution is 7.89. The number of hydrogen-bond donors (Lipinski definition) is 1. The second-order valence-corrected chi connectivity index (χ2v) is 10.9. The Morgan fingerprint density at radius 2 is 1.71 bits per heavy atom. The zero-order valence-corrected chi connectivity index (χ0v) is 19.9. The van der Waals surface area contributed by atoms with E-state index in [-0.39, 0.29) is 62.4 Å². The molecule has 7 nitrogen and oxygen atoms in total. The Labute approximate surface area is 197 Å². The van der Waals surface area contributed by atoms with Crippen LogP contribution in [0.4, 0.5) is 17.6 Å². The Bertz CT molecular complexity index is 943. The quantitative estimate of drug-likeness (QED) is 0.517. The molecule has 0 unspecified atom stereocenters. The fourth-order valence-corrected chi connectivity index (χ4v) is 6.20. The Hall–Kier alpha value is -1.92. The van der Waals surface area contributed by atoms with Crippen molar-refractivity contribution in [3.8, 4) is 5.75 Å². The average Bonchev–Trinajstić information content (AvgIpc) is 2.78. The van der Waals surface area contributed by atoms with Crippen molar-refractivity contribution < 1.29 is 35.5 Å². The Morgan fingerprint density at radius 3 is 2.29 bits per heavy atom. The molecule has 0 aromatic heterocycles. The minimum Gasteiger partial charge on any atom is -0.434 e. The van der Waals surface area contributed by atoms with E-state index in [0.29, 0.717) is 19.5 Å². The number of benzene rings is 1. The van der Waals surface area contributed by atoms with Crippen LogP contribution in [0.25, 0.3) is 0 Å². The van der Waals surface area contributed by atoms with Crippen LogP contribution < -0.4 is 10.1 Å². The minimum absolute atomic E-state index is 0.0344. The standard InChI is InChI=1S/C22H31F4N3O4S/c1-2-15-34(31,32)29-13-11-28(12-14-29)21(7-9-22(25,26)10-8-21)16-27-19(30)17-5-3-4-6-18(17)33-20(23)24/h3-6,20H,2,7-16H2,1H3,(H,27,30). The molecular formula is C22H31F4N3O4S. The van der Waals surface area contributed by atoms with Gasteiger partial charge in [-0.2, -0.15) is 13.1 Å². The number of sulfonamides is 1. The SMILES string of the molecule is CCCS(=O)(=O)N1CCN(C2(CNC(=O)c3ccccc3OC(F)F)CCC(F)(F)CC2)CC1. The molecule has 34 heavy (non-hydrogen) atoms. The summed E-state index contributed by atoms with van der Waals surface area (Å²) in [5, 5.41) is 2.73. The maximum absolute atomic E-state index is 14.0. The van der Waals surface area contributed by atoms with Crippen LogP contribution in [0.1, 0.15) is 49.4 Å². The molecule has 2 aliphatic rings. The van der Waals surface area contributed by atoms with E-state index >= 15 is 0 Å². The number of para-hydroxylation sites is 1. The molecule has 1 amide bonds. The summed E-state index contributed by atoms with van der Waals surface area (Å²) in [6.45, 7) is -0.0597. The number of nitrogens with one attached hydrogen (secondary N) is 1. The summed E-state index contributed by atoms with van der Waals surface area (Å²) in [5.41, 5.74) is -0.856. The molecule has 1 saturated heterocycles. The highest BCUT2D eigenvalue weighted by Crippen LogP contribution is 2.42. The molecule has 1 heterocycles. The topological polar surface area (TPSA) is 79.0 Å².